The minimum absolute atomic E-state index is 0.467. The van der Waals surface area contributed by atoms with E-state index < -0.39 is 0 Å². The quantitative estimate of drug-likeness (QED) is 0.261. The van der Waals surface area contributed by atoms with Crippen LogP contribution in [0.4, 0.5) is 0 Å². The second kappa shape index (κ2) is 10.6. The Morgan fingerprint density at radius 2 is 1.56 bits per heavy atom. The number of fused-ring (bicyclic) bond motifs is 1. The fourth-order valence-corrected chi connectivity index (χ4v) is 5.19. The predicted octanol–water partition coefficient (Wildman–Crippen LogP) is 9.54. The molecule has 0 saturated heterocycles. The Morgan fingerprint density at radius 3 is 2.24 bits per heavy atom. The molecule has 1 nitrogen and oxygen atoms in total. The lowest BCUT2D eigenvalue weighted by atomic mass is 9.86. The number of hydrogen-bond acceptors (Lipinski definition) is 1. The summed E-state index contributed by atoms with van der Waals surface area (Å²) in [6.45, 7) is 13.8. The molecule has 0 spiro atoms. The van der Waals surface area contributed by atoms with E-state index in [0.29, 0.717) is 11.8 Å². The molecule has 0 N–H and O–H groups in total. The van der Waals surface area contributed by atoms with Crippen molar-refractivity contribution in [3.63, 3.8) is 0 Å². The summed E-state index contributed by atoms with van der Waals surface area (Å²) >= 11 is 0. The van der Waals surface area contributed by atoms with Crippen molar-refractivity contribution in [3.8, 4) is 22.4 Å². The highest BCUT2D eigenvalue weighted by molar-refractivity contribution is 5.89. The zero-order valence-corrected chi connectivity index (χ0v) is 21.8. The molecule has 4 aromatic rings. The van der Waals surface area contributed by atoms with Gasteiger partial charge in [0.15, 0.2) is 0 Å². The minimum Gasteiger partial charge on any atom is -0.248 e. The third-order valence-electron chi connectivity index (χ3n) is 6.69. The molecule has 0 radical (unpaired) electrons. The Hall–Kier alpha value is -2.93. The maximum absolute atomic E-state index is 5.25. The molecule has 176 valence electrons. The average molecular weight is 450 g/mol. The first kappa shape index (κ1) is 24.2. The van der Waals surface area contributed by atoms with E-state index in [-0.39, 0.29) is 0 Å². The number of aryl methyl sites for hydroxylation is 2. The number of benzene rings is 3. The van der Waals surface area contributed by atoms with Gasteiger partial charge in [-0.25, -0.2) is 4.98 Å². The molecule has 0 bridgehead atoms. The van der Waals surface area contributed by atoms with E-state index in [4.69, 9.17) is 4.98 Å². The summed E-state index contributed by atoms with van der Waals surface area (Å²) in [5, 5.41) is 1.28. The van der Waals surface area contributed by atoms with Gasteiger partial charge in [0.25, 0.3) is 0 Å². The van der Waals surface area contributed by atoms with Crippen LogP contribution in [-0.2, 0) is 12.8 Å². The lowest BCUT2D eigenvalue weighted by Gasteiger charge is -2.21. The lowest BCUT2D eigenvalue weighted by molar-refractivity contribution is 0.650. The number of hydrogen-bond donors (Lipinski definition) is 0. The Kier molecular flexibility index (Phi) is 7.51. The van der Waals surface area contributed by atoms with Crippen LogP contribution in [-0.4, -0.2) is 4.98 Å². The first-order chi connectivity index (χ1) is 16.4. The van der Waals surface area contributed by atoms with E-state index in [9.17, 15) is 0 Å². The van der Waals surface area contributed by atoms with Gasteiger partial charge in [-0.2, -0.15) is 0 Å². The highest BCUT2D eigenvalue weighted by Crippen LogP contribution is 2.36. The lowest BCUT2D eigenvalue weighted by Crippen LogP contribution is -2.04. The number of aromatic nitrogens is 1. The maximum Gasteiger partial charge on any atom is 0.0715 e. The highest BCUT2D eigenvalue weighted by Gasteiger charge is 2.18. The van der Waals surface area contributed by atoms with Crippen molar-refractivity contribution in [2.75, 3.05) is 0 Å². The fraction of sp³-hybridized carbons (Fsp3) is 0.364. The van der Waals surface area contributed by atoms with Crippen LogP contribution < -0.4 is 0 Å². The van der Waals surface area contributed by atoms with Gasteiger partial charge in [0, 0.05) is 10.9 Å². The molecule has 1 heteroatoms. The summed E-state index contributed by atoms with van der Waals surface area (Å²) in [6.07, 6.45) is 4.65. The predicted molar refractivity (Wildman–Crippen MR) is 149 cm³/mol. The van der Waals surface area contributed by atoms with Crippen LogP contribution in [0.3, 0.4) is 0 Å². The van der Waals surface area contributed by atoms with Crippen LogP contribution in [0, 0.1) is 12.8 Å². The van der Waals surface area contributed by atoms with Gasteiger partial charge in [-0.15, -0.1) is 0 Å². The SMILES string of the molecule is CCCCc1cc(C)cc(-c2cc(CC(C)C)c3cc(-c4ccccc4)ccc3n2)c1C(C)C. The van der Waals surface area contributed by atoms with Crippen LogP contribution in [0.25, 0.3) is 33.3 Å². The Bertz CT molecular complexity index is 1260. The second-order valence-electron chi connectivity index (χ2n) is 10.5. The molecule has 1 heterocycles. The van der Waals surface area contributed by atoms with Crippen molar-refractivity contribution in [1.82, 2.24) is 4.98 Å². The van der Waals surface area contributed by atoms with Crippen molar-refractivity contribution >= 4 is 10.9 Å². The first-order valence-corrected chi connectivity index (χ1v) is 13.0. The van der Waals surface area contributed by atoms with Crippen LogP contribution in [0.1, 0.15) is 75.6 Å². The molecule has 0 unspecified atom stereocenters. The minimum atomic E-state index is 0.467. The van der Waals surface area contributed by atoms with Crippen LogP contribution in [0.2, 0.25) is 0 Å². The molecule has 0 aliphatic carbocycles. The number of pyridine rings is 1. The fourth-order valence-electron chi connectivity index (χ4n) is 5.19. The molecule has 1 aromatic heterocycles. The standard InChI is InChI=1S/C33H39N/c1-7-8-12-27-18-24(6)19-30(33(27)23(4)5)32-21-28(17-22(2)3)29-20-26(15-16-31(29)34-32)25-13-10-9-11-14-25/h9-11,13-16,18-23H,7-8,12,17H2,1-6H3. The molecular formula is C33H39N. The largest absolute Gasteiger partial charge is 0.248 e. The van der Waals surface area contributed by atoms with E-state index in [1.807, 2.05) is 0 Å². The topological polar surface area (TPSA) is 12.9 Å². The Labute approximate surface area is 206 Å². The van der Waals surface area contributed by atoms with Gasteiger partial charge in [-0.1, -0.05) is 89.1 Å². The van der Waals surface area contributed by atoms with Crippen molar-refractivity contribution < 1.29 is 0 Å². The van der Waals surface area contributed by atoms with Gasteiger partial charge >= 0.3 is 0 Å². The second-order valence-corrected chi connectivity index (χ2v) is 10.5. The van der Waals surface area contributed by atoms with Crippen LogP contribution in [0.15, 0.2) is 66.7 Å². The molecule has 0 aliphatic heterocycles. The normalized spacial score (nSPS) is 11.6. The van der Waals surface area contributed by atoms with E-state index >= 15 is 0 Å². The first-order valence-electron chi connectivity index (χ1n) is 13.0. The van der Waals surface area contributed by atoms with Gasteiger partial charge in [0.2, 0.25) is 0 Å². The van der Waals surface area contributed by atoms with Crippen molar-refractivity contribution in [2.24, 2.45) is 5.92 Å². The Morgan fingerprint density at radius 1 is 0.794 bits per heavy atom. The van der Waals surface area contributed by atoms with Crippen LogP contribution in [0.5, 0.6) is 0 Å². The summed E-state index contributed by atoms with van der Waals surface area (Å²) in [4.78, 5) is 5.25. The summed E-state index contributed by atoms with van der Waals surface area (Å²) in [6, 6.07) is 24.6. The third-order valence-corrected chi connectivity index (χ3v) is 6.69. The third kappa shape index (κ3) is 5.25. The number of rotatable bonds is 8. The zero-order valence-electron chi connectivity index (χ0n) is 21.8. The maximum atomic E-state index is 5.25. The molecule has 0 aliphatic rings. The molecule has 0 atom stereocenters. The van der Waals surface area contributed by atoms with E-state index in [0.717, 1.165) is 24.1 Å². The van der Waals surface area contributed by atoms with Crippen molar-refractivity contribution in [1.29, 1.82) is 0 Å². The van der Waals surface area contributed by atoms with Gasteiger partial charge < -0.3 is 0 Å². The molecule has 34 heavy (non-hydrogen) atoms. The summed E-state index contributed by atoms with van der Waals surface area (Å²) in [7, 11) is 0. The van der Waals surface area contributed by atoms with Gasteiger partial charge in [-0.3, -0.25) is 0 Å². The zero-order chi connectivity index (χ0) is 24.2. The average Bonchev–Trinajstić information content (AvgIpc) is 2.82. The van der Waals surface area contributed by atoms with E-state index in [2.05, 4.69) is 108 Å². The number of unbranched alkanes of at least 4 members (excludes halogenated alkanes) is 1. The van der Waals surface area contributed by atoms with Crippen molar-refractivity contribution in [3.05, 3.63) is 89.0 Å². The molecule has 3 aromatic carbocycles. The van der Waals surface area contributed by atoms with Gasteiger partial charge in [-0.05, 0) is 90.1 Å². The molecule has 0 amide bonds. The Balaban J connectivity index is 1.93. The summed E-state index contributed by atoms with van der Waals surface area (Å²) < 4.78 is 0. The smallest absolute Gasteiger partial charge is 0.0715 e. The number of nitrogens with zero attached hydrogens (tertiary/aromatic N) is 1. The van der Waals surface area contributed by atoms with Crippen LogP contribution >= 0.6 is 0 Å². The van der Waals surface area contributed by atoms with E-state index in [1.54, 1.807) is 0 Å². The van der Waals surface area contributed by atoms with E-state index in [1.165, 1.54) is 57.2 Å². The molecule has 4 rings (SSSR count). The highest BCUT2D eigenvalue weighted by atomic mass is 14.7. The van der Waals surface area contributed by atoms with Gasteiger partial charge in [0.05, 0.1) is 11.2 Å². The molecular weight excluding hydrogens is 410 g/mol. The molecule has 0 fully saturated rings. The van der Waals surface area contributed by atoms with Gasteiger partial charge in [0.1, 0.15) is 0 Å². The summed E-state index contributed by atoms with van der Waals surface area (Å²) in [5.41, 5.74) is 11.8. The summed E-state index contributed by atoms with van der Waals surface area (Å²) in [5.74, 6) is 1.05. The van der Waals surface area contributed by atoms with Crippen molar-refractivity contribution in [2.45, 2.75) is 73.1 Å². The monoisotopic (exact) mass is 449 g/mol. The molecule has 0 saturated carbocycles.